The van der Waals surface area contributed by atoms with Gasteiger partial charge in [0.2, 0.25) is 0 Å². The summed E-state index contributed by atoms with van der Waals surface area (Å²) in [5.74, 6) is 0.123. The minimum Gasteiger partial charge on any atom is -0.357 e. The van der Waals surface area contributed by atoms with Crippen molar-refractivity contribution in [2.45, 2.75) is 32.1 Å². The first-order chi connectivity index (χ1) is 13.8. The van der Waals surface area contributed by atoms with Gasteiger partial charge in [-0.2, -0.15) is 13.2 Å². The first-order valence-corrected chi connectivity index (χ1v) is 9.45. The molecule has 1 atom stereocenters. The van der Waals surface area contributed by atoms with E-state index in [2.05, 4.69) is 20.6 Å². The van der Waals surface area contributed by atoms with Crippen molar-refractivity contribution in [3.05, 3.63) is 48.3 Å². The summed E-state index contributed by atoms with van der Waals surface area (Å²) < 4.78 is 53.6. The van der Waals surface area contributed by atoms with Crippen LogP contribution in [0.15, 0.2) is 41.9 Å². The van der Waals surface area contributed by atoms with E-state index in [9.17, 15) is 17.6 Å². The molecule has 0 aliphatic carbocycles. The monoisotopic (exact) mass is 412 g/mol. The van der Waals surface area contributed by atoms with Crippen molar-refractivity contribution in [3.8, 4) is 5.69 Å². The summed E-state index contributed by atoms with van der Waals surface area (Å²) in [6, 6.07) is 4.75. The number of aromatic nitrogens is 2. The lowest BCUT2D eigenvalue weighted by atomic mass is 10.2. The number of likely N-dealkylation sites (tertiary alicyclic amines) is 1. The second-order valence-corrected chi connectivity index (χ2v) is 6.93. The Morgan fingerprint density at radius 2 is 2.17 bits per heavy atom. The minimum absolute atomic E-state index is 0.115. The second-order valence-electron chi connectivity index (χ2n) is 6.93. The highest BCUT2D eigenvalue weighted by Crippen LogP contribution is 2.20. The third kappa shape index (κ3) is 6.18. The molecule has 0 amide bonds. The topological polar surface area (TPSA) is 57.5 Å². The van der Waals surface area contributed by atoms with Gasteiger partial charge in [-0.25, -0.2) is 14.4 Å². The largest absolute Gasteiger partial charge is 0.401 e. The average molecular weight is 412 g/mol. The zero-order chi connectivity index (χ0) is 20.9. The number of imidazole rings is 1. The van der Waals surface area contributed by atoms with Crippen molar-refractivity contribution < 1.29 is 17.6 Å². The molecule has 158 valence electrons. The third-order valence-electron chi connectivity index (χ3n) is 4.57. The molecule has 1 aliphatic rings. The van der Waals surface area contributed by atoms with Gasteiger partial charge >= 0.3 is 6.18 Å². The van der Waals surface area contributed by atoms with Crippen LogP contribution in [-0.4, -0.2) is 58.8 Å². The third-order valence-corrected chi connectivity index (χ3v) is 4.57. The Bertz CT molecular complexity index is 819. The van der Waals surface area contributed by atoms with Gasteiger partial charge in [-0.1, -0.05) is 6.07 Å². The number of nitrogens with one attached hydrogen (secondary N) is 2. The molecule has 0 radical (unpaired) electrons. The second kappa shape index (κ2) is 9.25. The van der Waals surface area contributed by atoms with Crippen LogP contribution < -0.4 is 10.6 Å². The van der Waals surface area contributed by atoms with Gasteiger partial charge in [0.15, 0.2) is 5.96 Å². The van der Waals surface area contributed by atoms with Gasteiger partial charge in [0.25, 0.3) is 0 Å². The highest BCUT2D eigenvalue weighted by molar-refractivity contribution is 5.80. The van der Waals surface area contributed by atoms with Crippen molar-refractivity contribution in [2.75, 3.05) is 26.2 Å². The zero-order valence-corrected chi connectivity index (χ0v) is 16.1. The summed E-state index contributed by atoms with van der Waals surface area (Å²) in [4.78, 5) is 9.74. The van der Waals surface area contributed by atoms with Gasteiger partial charge in [-0.15, -0.1) is 0 Å². The molecule has 1 saturated heterocycles. The van der Waals surface area contributed by atoms with Crippen LogP contribution in [0.2, 0.25) is 0 Å². The van der Waals surface area contributed by atoms with Crippen LogP contribution in [0.1, 0.15) is 18.9 Å². The molecular weight excluding hydrogens is 388 g/mol. The Morgan fingerprint density at radius 1 is 1.34 bits per heavy atom. The molecule has 3 rings (SSSR count). The van der Waals surface area contributed by atoms with Crippen LogP contribution in [-0.2, 0) is 6.54 Å². The maximum Gasteiger partial charge on any atom is 0.401 e. The quantitative estimate of drug-likeness (QED) is 0.435. The molecule has 0 saturated carbocycles. The number of benzene rings is 1. The molecule has 2 heterocycles. The number of hydrogen-bond acceptors (Lipinski definition) is 3. The van der Waals surface area contributed by atoms with Crippen LogP contribution in [0.5, 0.6) is 0 Å². The number of rotatable bonds is 6. The fraction of sp³-hybridized carbons (Fsp3) is 0.474. The number of nitrogens with zero attached hydrogens (tertiary/aromatic N) is 4. The van der Waals surface area contributed by atoms with Crippen molar-refractivity contribution in [3.63, 3.8) is 0 Å². The summed E-state index contributed by atoms with van der Waals surface area (Å²) in [6.45, 7) is 2.55. The summed E-state index contributed by atoms with van der Waals surface area (Å²) in [7, 11) is 0. The van der Waals surface area contributed by atoms with E-state index in [1.807, 2.05) is 6.92 Å². The summed E-state index contributed by atoms with van der Waals surface area (Å²) >= 11 is 0. The number of alkyl halides is 3. The zero-order valence-electron chi connectivity index (χ0n) is 16.1. The van der Waals surface area contributed by atoms with Crippen LogP contribution in [0.4, 0.5) is 17.6 Å². The molecule has 1 aliphatic heterocycles. The van der Waals surface area contributed by atoms with Crippen molar-refractivity contribution in [1.82, 2.24) is 25.1 Å². The first kappa shape index (κ1) is 21.1. The van der Waals surface area contributed by atoms with Crippen LogP contribution in [0.3, 0.4) is 0 Å². The molecule has 1 aromatic carbocycles. The fourth-order valence-corrected chi connectivity index (χ4v) is 3.29. The maximum absolute atomic E-state index is 14.4. The van der Waals surface area contributed by atoms with Crippen molar-refractivity contribution >= 4 is 5.96 Å². The molecule has 0 bridgehead atoms. The van der Waals surface area contributed by atoms with E-state index < -0.39 is 12.7 Å². The van der Waals surface area contributed by atoms with Gasteiger partial charge in [0.05, 0.1) is 25.1 Å². The van der Waals surface area contributed by atoms with Crippen molar-refractivity contribution in [1.29, 1.82) is 0 Å². The number of guanidine groups is 1. The van der Waals surface area contributed by atoms with E-state index in [0.29, 0.717) is 43.3 Å². The van der Waals surface area contributed by atoms with Gasteiger partial charge in [0, 0.05) is 38.1 Å². The number of hydrogen-bond donors (Lipinski definition) is 2. The summed E-state index contributed by atoms with van der Waals surface area (Å²) in [5.41, 5.74) is 1.09. The highest BCUT2D eigenvalue weighted by Gasteiger charge is 2.34. The van der Waals surface area contributed by atoms with E-state index in [0.717, 1.165) is 0 Å². The maximum atomic E-state index is 14.4. The standard InChI is InChI=1S/C19H24F4N6/c1-2-25-18(27-15-5-7-28(11-15)12-19(21,22)23)26-10-14-3-4-17(16(20)9-14)29-8-6-24-13-29/h3-4,6,8-9,13,15H,2,5,7,10-12H2,1H3,(H2,25,26,27). The highest BCUT2D eigenvalue weighted by atomic mass is 19.4. The Hall–Kier alpha value is -2.62. The van der Waals surface area contributed by atoms with Crippen molar-refractivity contribution in [2.24, 2.45) is 4.99 Å². The number of aliphatic imine (C=N–C) groups is 1. The summed E-state index contributed by atoms with van der Waals surface area (Å²) in [5, 5.41) is 6.26. The lowest BCUT2D eigenvalue weighted by molar-refractivity contribution is -0.143. The Balaban J connectivity index is 1.60. The van der Waals surface area contributed by atoms with E-state index >= 15 is 0 Å². The molecular formula is C19H24F4N6. The van der Waals surface area contributed by atoms with Crippen LogP contribution in [0.25, 0.3) is 5.69 Å². The van der Waals surface area contributed by atoms with E-state index in [1.54, 1.807) is 29.1 Å². The van der Waals surface area contributed by atoms with Gasteiger partial charge in [-0.3, -0.25) is 4.90 Å². The SMILES string of the molecule is CCNC(=NCc1ccc(-n2ccnc2)c(F)c1)NC1CCN(CC(F)(F)F)C1. The molecule has 1 fully saturated rings. The molecule has 0 spiro atoms. The van der Waals surface area contributed by atoms with Gasteiger partial charge in [-0.05, 0) is 31.0 Å². The van der Waals surface area contributed by atoms with E-state index in [-0.39, 0.29) is 18.4 Å². The smallest absolute Gasteiger partial charge is 0.357 e. The lowest BCUT2D eigenvalue weighted by Gasteiger charge is -2.19. The average Bonchev–Trinajstić information content (AvgIpc) is 3.31. The molecule has 1 unspecified atom stereocenters. The molecule has 6 nitrogen and oxygen atoms in total. The van der Waals surface area contributed by atoms with E-state index in [4.69, 9.17) is 0 Å². The molecule has 29 heavy (non-hydrogen) atoms. The van der Waals surface area contributed by atoms with Crippen LogP contribution in [0, 0.1) is 5.82 Å². The molecule has 10 heteroatoms. The predicted molar refractivity (Wildman–Crippen MR) is 102 cm³/mol. The normalized spacial score (nSPS) is 18.2. The number of halogens is 4. The Kier molecular flexibility index (Phi) is 6.73. The first-order valence-electron chi connectivity index (χ1n) is 9.45. The van der Waals surface area contributed by atoms with Crippen LogP contribution >= 0.6 is 0 Å². The molecule has 1 aromatic heterocycles. The fourth-order valence-electron chi connectivity index (χ4n) is 3.29. The van der Waals surface area contributed by atoms with Gasteiger partial charge < -0.3 is 15.2 Å². The molecule has 2 aromatic rings. The Morgan fingerprint density at radius 3 is 2.83 bits per heavy atom. The lowest BCUT2D eigenvalue weighted by Crippen LogP contribution is -2.45. The van der Waals surface area contributed by atoms with Gasteiger partial charge in [0.1, 0.15) is 5.82 Å². The molecule has 2 N–H and O–H groups in total. The predicted octanol–water partition coefficient (Wildman–Crippen LogP) is 2.70. The Labute approximate surface area is 166 Å². The summed E-state index contributed by atoms with van der Waals surface area (Å²) in [6.07, 6.45) is 1.17. The minimum atomic E-state index is -4.19. The van der Waals surface area contributed by atoms with E-state index in [1.165, 1.54) is 17.3 Å².